The second-order valence-corrected chi connectivity index (χ2v) is 15.1. The van der Waals surface area contributed by atoms with Crippen molar-refractivity contribution in [1.82, 2.24) is 19.5 Å². The lowest BCUT2D eigenvalue weighted by Gasteiger charge is -2.10. The molecule has 4 nitrogen and oxygen atoms in total. The fourth-order valence-corrected chi connectivity index (χ4v) is 9.06. The molecule has 0 saturated heterocycles. The Labute approximate surface area is 327 Å². The molecular formula is C51H32N4S. The van der Waals surface area contributed by atoms with Gasteiger partial charge in [0.25, 0.3) is 0 Å². The molecule has 0 aliphatic carbocycles. The molecule has 11 rings (SSSR count). The number of nitrogens with zero attached hydrogens (tertiary/aromatic N) is 4. The van der Waals surface area contributed by atoms with Crippen LogP contribution < -0.4 is 0 Å². The summed E-state index contributed by atoms with van der Waals surface area (Å²) in [6.07, 6.45) is 0. The number of aromatic nitrogens is 4. The van der Waals surface area contributed by atoms with Gasteiger partial charge in [-0.15, -0.1) is 11.3 Å². The fraction of sp³-hybridized carbons (Fsp3) is 0. The zero-order chi connectivity index (χ0) is 37.0. The number of hydrogen-bond donors (Lipinski definition) is 0. The van der Waals surface area contributed by atoms with E-state index in [1.54, 1.807) is 0 Å². The lowest BCUT2D eigenvalue weighted by molar-refractivity contribution is 1.07. The van der Waals surface area contributed by atoms with Crippen molar-refractivity contribution < 1.29 is 0 Å². The van der Waals surface area contributed by atoms with Gasteiger partial charge >= 0.3 is 0 Å². The van der Waals surface area contributed by atoms with Crippen LogP contribution in [0.5, 0.6) is 0 Å². The molecular weight excluding hydrogens is 701 g/mol. The minimum Gasteiger partial charge on any atom is -0.309 e. The van der Waals surface area contributed by atoms with Crippen LogP contribution in [0.4, 0.5) is 0 Å². The molecule has 0 fully saturated rings. The fourth-order valence-electron chi connectivity index (χ4n) is 7.99. The van der Waals surface area contributed by atoms with E-state index >= 15 is 0 Å². The Morgan fingerprint density at radius 2 is 0.839 bits per heavy atom. The first kappa shape index (κ1) is 32.2. The van der Waals surface area contributed by atoms with E-state index in [1.165, 1.54) is 58.7 Å². The highest BCUT2D eigenvalue weighted by Crippen LogP contribution is 2.42. The molecule has 0 aliphatic heterocycles. The van der Waals surface area contributed by atoms with E-state index in [4.69, 9.17) is 15.0 Å². The van der Waals surface area contributed by atoms with Gasteiger partial charge in [-0.3, -0.25) is 0 Å². The van der Waals surface area contributed by atoms with E-state index in [-0.39, 0.29) is 0 Å². The van der Waals surface area contributed by atoms with Crippen LogP contribution in [-0.4, -0.2) is 19.5 Å². The van der Waals surface area contributed by atoms with Crippen molar-refractivity contribution in [2.24, 2.45) is 0 Å². The third-order valence-electron chi connectivity index (χ3n) is 10.7. The molecule has 0 N–H and O–H groups in total. The summed E-state index contributed by atoms with van der Waals surface area (Å²) in [7, 11) is 0. The summed E-state index contributed by atoms with van der Waals surface area (Å²) >= 11 is 1.86. The summed E-state index contributed by atoms with van der Waals surface area (Å²) < 4.78 is 5.02. The third kappa shape index (κ3) is 5.48. The summed E-state index contributed by atoms with van der Waals surface area (Å²) in [6, 6.07) is 68.7. The minimum atomic E-state index is 0.645. The molecule has 262 valence electrons. The van der Waals surface area contributed by atoms with E-state index in [9.17, 15) is 0 Å². The molecule has 0 bridgehead atoms. The predicted octanol–water partition coefficient (Wildman–Crippen LogP) is 13.7. The van der Waals surface area contributed by atoms with Gasteiger partial charge in [0.05, 0.1) is 11.0 Å². The molecule has 0 unspecified atom stereocenters. The highest BCUT2D eigenvalue weighted by atomic mass is 32.1. The molecule has 0 aliphatic rings. The number of fused-ring (bicyclic) bond motifs is 6. The standard InChI is InChI=1S/C51H32N4S/c1-4-13-33(14-5-1)38-27-29-46-42(31-38)43-32-39(28-30-47(43)56-46)55-44-21-11-10-19-41(44)48-40(20-12-22-45(48)55)34-23-25-37(26-24-34)51-53-49(35-15-6-2-7-16-35)52-50(54-51)36-17-8-3-9-18-36/h1-32H. The largest absolute Gasteiger partial charge is 0.309 e. The SMILES string of the molecule is c1ccc(-c2ccc3sc4ccc(-n5c6ccccc6c6c(-c7ccc(-c8nc(-c9ccccc9)nc(-c9ccccc9)n8)cc7)cccc65)cc4c3c2)cc1. The predicted molar refractivity (Wildman–Crippen MR) is 234 cm³/mol. The Bertz CT molecular complexity index is 3160. The van der Waals surface area contributed by atoms with Crippen molar-refractivity contribution >= 4 is 53.3 Å². The highest BCUT2D eigenvalue weighted by molar-refractivity contribution is 7.25. The number of thiophene rings is 1. The molecule has 0 atom stereocenters. The Kier molecular flexibility index (Phi) is 7.64. The van der Waals surface area contributed by atoms with Crippen LogP contribution in [0.15, 0.2) is 194 Å². The van der Waals surface area contributed by atoms with Gasteiger partial charge in [-0.25, -0.2) is 15.0 Å². The van der Waals surface area contributed by atoms with Gasteiger partial charge in [0.2, 0.25) is 0 Å². The van der Waals surface area contributed by atoms with Gasteiger partial charge < -0.3 is 4.57 Å². The maximum absolute atomic E-state index is 4.96. The van der Waals surface area contributed by atoms with Crippen molar-refractivity contribution in [1.29, 1.82) is 0 Å². The van der Waals surface area contributed by atoms with Gasteiger partial charge in [-0.2, -0.15) is 0 Å². The van der Waals surface area contributed by atoms with E-state index < -0.39 is 0 Å². The van der Waals surface area contributed by atoms with Crippen molar-refractivity contribution in [3.63, 3.8) is 0 Å². The molecule has 0 amide bonds. The van der Waals surface area contributed by atoms with Crippen molar-refractivity contribution in [3.8, 4) is 62.1 Å². The topological polar surface area (TPSA) is 43.6 Å². The van der Waals surface area contributed by atoms with Crippen LogP contribution in [0.25, 0.3) is 104 Å². The lowest BCUT2D eigenvalue weighted by atomic mass is 9.98. The molecule has 11 aromatic rings. The Balaban J connectivity index is 1.03. The van der Waals surface area contributed by atoms with E-state index in [2.05, 4.69) is 138 Å². The van der Waals surface area contributed by atoms with Crippen LogP contribution in [0.1, 0.15) is 0 Å². The number of para-hydroxylation sites is 1. The van der Waals surface area contributed by atoms with Crippen LogP contribution in [0.3, 0.4) is 0 Å². The summed E-state index contributed by atoms with van der Waals surface area (Å²) in [5.41, 5.74) is 11.1. The molecule has 3 aromatic heterocycles. The zero-order valence-corrected chi connectivity index (χ0v) is 31.0. The summed E-state index contributed by atoms with van der Waals surface area (Å²) in [5.74, 6) is 1.95. The molecule has 0 spiro atoms. The van der Waals surface area contributed by atoms with Crippen molar-refractivity contribution in [3.05, 3.63) is 194 Å². The van der Waals surface area contributed by atoms with Gasteiger partial charge in [0.15, 0.2) is 17.5 Å². The minimum absolute atomic E-state index is 0.645. The van der Waals surface area contributed by atoms with Crippen LogP contribution >= 0.6 is 11.3 Å². The van der Waals surface area contributed by atoms with Gasteiger partial charge in [-0.1, -0.05) is 152 Å². The zero-order valence-electron chi connectivity index (χ0n) is 30.2. The molecule has 3 heterocycles. The monoisotopic (exact) mass is 732 g/mol. The number of rotatable bonds is 6. The first-order valence-electron chi connectivity index (χ1n) is 18.8. The summed E-state index contributed by atoms with van der Waals surface area (Å²) in [4.78, 5) is 14.8. The third-order valence-corrected chi connectivity index (χ3v) is 11.8. The van der Waals surface area contributed by atoms with Crippen molar-refractivity contribution in [2.45, 2.75) is 0 Å². The van der Waals surface area contributed by atoms with Gasteiger partial charge in [0.1, 0.15) is 0 Å². The normalized spacial score (nSPS) is 11.6. The smallest absolute Gasteiger partial charge is 0.164 e. The first-order valence-corrected chi connectivity index (χ1v) is 19.6. The highest BCUT2D eigenvalue weighted by Gasteiger charge is 2.18. The Morgan fingerprint density at radius 1 is 0.339 bits per heavy atom. The molecule has 8 aromatic carbocycles. The second-order valence-electron chi connectivity index (χ2n) is 14.0. The number of benzene rings is 8. The lowest BCUT2D eigenvalue weighted by Crippen LogP contribution is -2.00. The second kappa shape index (κ2) is 13.3. The van der Waals surface area contributed by atoms with E-state index in [1.807, 2.05) is 72.0 Å². The quantitative estimate of drug-likeness (QED) is 0.171. The number of hydrogen-bond acceptors (Lipinski definition) is 4. The summed E-state index contributed by atoms with van der Waals surface area (Å²) in [6.45, 7) is 0. The maximum atomic E-state index is 4.96. The Hall–Kier alpha value is -7.21. The maximum Gasteiger partial charge on any atom is 0.164 e. The van der Waals surface area contributed by atoms with Gasteiger partial charge in [0, 0.05) is 53.3 Å². The summed E-state index contributed by atoms with van der Waals surface area (Å²) in [5, 5.41) is 5.03. The van der Waals surface area contributed by atoms with Gasteiger partial charge in [-0.05, 0) is 64.7 Å². The molecule has 56 heavy (non-hydrogen) atoms. The molecule has 5 heteroatoms. The van der Waals surface area contributed by atoms with Crippen LogP contribution in [0.2, 0.25) is 0 Å². The van der Waals surface area contributed by atoms with E-state index in [0.29, 0.717) is 17.5 Å². The molecule has 0 radical (unpaired) electrons. The van der Waals surface area contributed by atoms with Crippen LogP contribution in [-0.2, 0) is 0 Å². The van der Waals surface area contributed by atoms with E-state index in [0.717, 1.165) is 27.9 Å². The average molecular weight is 733 g/mol. The Morgan fingerprint density at radius 3 is 1.50 bits per heavy atom. The van der Waals surface area contributed by atoms with Crippen molar-refractivity contribution in [2.75, 3.05) is 0 Å². The molecule has 0 saturated carbocycles. The average Bonchev–Trinajstić information content (AvgIpc) is 3.82. The van der Waals surface area contributed by atoms with Crippen LogP contribution in [0, 0.1) is 0 Å². The first-order chi connectivity index (χ1) is 27.7.